The van der Waals surface area contributed by atoms with Gasteiger partial charge in [0.15, 0.2) is 16.3 Å². The Bertz CT molecular complexity index is 2200. The molecule has 1 aliphatic rings. The van der Waals surface area contributed by atoms with Crippen LogP contribution in [0.25, 0.3) is 16.8 Å². The highest BCUT2D eigenvalue weighted by Gasteiger charge is 2.34. The predicted octanol–water partition coefficient (Wildman–Crippen LogP) is 6.59. The number of thiazole rings is 1. The van der Waals surface area contributed by atoms with Crippen molar-refractivity contribution in [2.24, 2.45) is 4.99 Å². The number of methoxy groups -OCH3 is 1. The van der Waals surface area contributed by atoms with Gasteiger partial charge < -0.3 is 18.9 Å². The lowest BCUT2D eigenvalue weighted by Gasteiger charge is -2.26. The van der Waals surface area contributed by atoms with Gasteiger partial charge in [-0.2, -0.15) is 0 Å². The minimum Gasteiger partial charge on any atom is -0.496 e. The Morgan fingerprint density at radius 3 is 2.43 bits per heavy atom. The fraction of sp³-hybridized carbons (Fsp3) is 0.216. The van der Waals surface area contributed by atoms with Crippen LogP contribution in [-0.2, 0) is 16.1 Å². The summed E-state index contributed by atoms with van der Waals surface area (Å²) in [7, 11) is 1.62. The van der Waals surface area contributed by atoms with E-state index in [-0.39, 0.29) is 18.8 Å². The van der Waals surface area contributed by atoms with E-state index in [0.717, 1.165) is 27.5 Å². The predicted molar refractivity (Wildman–Crippen MR) is 184 cm³/mol. The molecule has 0 N–H and O–H groups in total. The molecule has 0 bridgehead atoms. The van der Waals surface area contributed by atoms with Gasteiger partial charge in [0.2, 0.25) is 0 Å². The minimum absolute atomic E-state index is 0.191. The van der Waals surface area contributed by atoms with Crippen LogP contribution >= 0.6 is 22.9 Å². The third-order valence-electron chi connectivity index (χ3n) is 7.86. The molecule has 240 valence electrons. The number of ether oxygens (including phenoxy) is 4. The third kappa shape index (κ3) is 6.28. The lowest BCUT2D eigenvalue weighted by atomic mass is 9.91. The van der Waals surface area contributed by atoms with E-state index in [4.69, 9.17) is 35.5 Å². The van der Waals surface area contributed by atoms with Gasteiger partial charge in [-0.15, -0.1) is 0 Å². The van der Waals surface area contributed by atoms with Crippen molar-refractivity contribution in [3.63, 3.8) is 0 Å². The van der Waals surface area contributed by atoms with E-state index in [2.05, 4.69) is 0 Å². The molecular weight excluding hydrogens is 636 g/mol. The van der Waals surface area contributed by atoms with Gasteiger partial charge in [-0.05, 0) is 67.6 Å². The first-order valence-corrected chi connectivity index (χ1v) is 16.4. The van der Waals surface area contributed by atoms with Crippen LogP contribution in [0, 0.1) is 0 Å². The summed E-state index contributed by atoms with van der Waals surface area (Å²) in [6.45, 7) is 6.33. The van der Waals surface area contributed by atoms with Crippen LogP contribution in [0.4, 0.5) is 0 Å². The van der Waals surface area contributed by atoms with Crippen molar-refractivity contribution < 1.29 is 23.7 Å². The summed E-state index contributed by atoms with van der Waals surface area (Å²) in [5.74, 6) is 1.29. The Hall–Kier alpha value is -4.86. The maximum Gasteiger partial charge on any atom is 0.338 e. The van der Waals surface area contributed by atoms with Crippen molar-refractivity contribution in [2.75, 3.05) is 20.3 Å². The normalized spacial score (nSPS) is 14.5. The second-order valence-corrected chi connectivity index (χ2v) is 12.1. The Morgan fingerprint density at radius 1 is 0.936 bits per heavy atom. The molecule has 1 aliphatic heterocycles. The molecule has 1 aromatic heterocycles. The lowest BCUT2D eigenvalue weighted by Crippen LogP contribution is -2.40. The summed E-state index contributed by atoms with van der Waals surface area (Å²) in [5, 5.41) is 2.35. The summed E-state index contributed by atoms with van der Waals surface area (Å²) in [5.41, 5.74) is 2.92. The topological polar surface area (TPSA) is 88.4 Å². The smallest absolute Gasteiger partial charge is 0.338 e. The fourth-order valence-electron chi connectivity index (χ4n) is 5.72. The average Bonchev–Trinajstić information content (AvgIpc) is 3.37. The second kappa shape index (κ2) is 13.9. The summed E-state index contributed by atoms with van der Waals surface area (Å²) >= 11 is 7.58. The number of allylic oxidation sites excluding steroid dienone is 1. The van der Waals surface area contributed by atoms with Crippen LogP contribution in [-0.4, -0.2) is 30.9 Å². The number of carbonyl (C=O) groups excluding carboxylic acids is 1. The number of benzene rings is 4. The van der Waals surface area contributed by atoms with Gasteiger partial charge in [-0.25, -0.2) is 9.79 Å². The largest absolute Gasteiger partial charge is 0.496 e. The van der Waals surface area contributed by atoms with Gasteiger partial charge in [0.05, 0.1) is 42.2 Å². The molecule has 0 spiro atoms. The van der Waals surface area contributed by atoms with Crippen molar-refractivity contribution in [1.82, 2.24) is 4.57 Å². The van der Waals surface area contributed by atoms with E-state index in [9.17, 15) is 9.59 Å². The molecule has 4 aromatic carbocycles. The molecule has 8 nitrogen and oxygen atoms in total. The van der Waals surface area contributed by atoms with Gasteiger partial charge in [0.25, 0.3) is 5.56 Å². The van der Waals surface area contributed by atoms with Gasteiger partial charge in [-0.1, -0.05) is 77.5 Å². The average molecular weight is 669 g/mol. The van der Waals surface area contributed by atoms with E-state index < -0.39 is 12.0 Å². The molecule has 1 atom stereocenters. The maximum absolute atomic E-state index is 14.3. The molecular formula is C37H33ClN2O6S. The molecule has 10 heteroatoms. The first-order valence-electron chi connectivity index (χ1n) is 15.2. The number of halogens is 1. The Kier molecular flexibility index (Phi) is 9.47. The number of aromatic nitrogens is 1. The summed E-state index contributed by atoms with van der Waals surface area (Å²) in [6, 6.07) is 23.8. The molecule has 0 saturated carbocycles. The number of nitrogens with zero attached hydrogens (tertiary/aromatic N) is 2. The van der Waals surface area contributed by atoms with Crippen molar-refractivity contribution in [3.8, 4) is 17.2 Å². The second-order valence-electron chi connectivity index (χ2n) is 10.7. The van der Waals surface area contributed by atoms with Gasteiger partial charge in [0.1, 0.15) is 12.4 Å². The van der Waals surface area contributed by atoms with E-state index in [1.54, 1.807) is 31.6 Å². The fourth-order valence-corrected chi connectivity index (χ4v) is 6.96. The first kappa shape index (κ1) is 32.1. The number of fused-ring (bicyclic) bond motifs is 2. The monoisotopic (exact) mass is 668 g/mol. The molecule has 5 aromatic rings. The Labute approximate surface area is 280 Å². The SMILES string of the molecule is CCOC(=O)C1=C(C)N=c2s/c(=C/c3ccc(OCc4ccccc4Cl)c(OCC)c3)c(=O)n2C1c1ccc(OC)c2ccccc12. The van der Waals surface area contributed by atoms with Crippen LogP contribution in [0.1, 0.15) is 43.5 Å². The molecule has 2 heterocycles. The van der Waals surface area contributed by atoms with E-state index in [1.807, 2.05) is 85.8 Å². The van der Waals surface area contributed by atoms with E-state index in [0.29, 0.717) is 49.5 Å². The van der Waals surface area contributed by atoms with Crippen molar-refractivity contribution >= 4 is 45.8 Å². The summed E-state index contributed by atoms with van der Waals surface area (Å²) in [6.07, 6.45) is 1.80. The zero-order valence-corrected chi connectivity index (χ0v) is 28.0. The van der Waals surface area contributed by atoms with E-state index in [1.165, 1.54) is 11.3 Å². The first-order chi connectivity index (χ1) is 22.8. The molecule has 0 amide bonds. The number of hydrogen-bond acceptors (Lipinski definition) is 8. The van der Waals surface area contributed by atoms with Crippen LogP contribution in [0.5, 0.6) is 17.2 Å². The summed E-state index contributed by atoms with van der Waals surface area (Å²) in [4.78, 5) is 32.9. The highest BCUT2D eigenvalue weighted by molar-refractivity contribution is 7.07. The van der Waals surface area contributed by atoms with Crippen LogP contribution < -0.4 is 29.1 Å². The number of rotatable bonds is 10. The molecule has 0 saturated heterocycles. The maximum atomic E-state index is 14.3. The minimum atomic E-state index is -0.761. The Balaban J connectivity index is 1.46. The zero-order valence-electron chi connectivity index (χ0n) is 26.4. The lowest BCUT2D eigenvalue weighted by molar-refractivity contribution is -0.139. The Morgan fingerprint density at radius 2 is 1.68 bits per heavy atom. The van der Waals surface area contributed by atoms with Crippen LogP contribution in [0.2, 0.25) is 5.02 Å². The molecule has 1 unspecified atom stereocenters. The molecule has 0 fully saturated rings. The molecule has 0 aliphatic carbocycles. The molecule has 6 rings (SSSR count). The van der Waals surface area contributed by atoms with Crippen molar-refractivity contribution in [1.29, 1.82) is 0 Å². The third-order valence-corrected chi connectivity index (χ3v) is 9.21. The van der Waals surface area contributed by atoms with Gasteiger partial charge in [0, 0.05) is 16.0 Å². The highest BCUT2D eigenvalue weighted by Crippen LogP contribution is 2.38. The molecule has 0 radical (unpaired) electrons. The zero-order chi connectivity index (χ0) is 33.1. The van der Waals surface area contributed by atoms with Crippen molar-refractivity contribution in [2.45, 2.75) is 33.4 Å². The van der Waals surface area contributed by atoms with Gasteiger partial charge in [-0.3, -0.25) is 9.36 Å². The quantitative estimate of drug-likeness (QED) is 0.156. The van der Waals surface area contributed by atoms with Crippen LogP contribution in [0.15, 0.2) is 99.9 Å². The number of esters is 1. The van der Waals surface area contributed by atoms with Gasteiger partial charge >= 0.3 is 5.97 Å². The summed E-state index contributed by atoms with van der Waals surface area (Å²) < 4.78 is 25.1. The van der Waals surface area contributed by atoms with E-state index >= 15 is 0 Å². The molecule has 47 heavy (non-hydrogen) atoms. The highest BCUT2D eigenvalue weighted by atomic mass is 35.5. The number of hydrogen-bond donors (Lipinski definition) is 0. The standard InChI is InChI=1S/C37H33ClN2O6S/c1-5-44-31-19-23(15-17-30(31)46-21-24-11-7-10-14-28(24)38)20-32-35(41)40-34(33(36(42)45-6-2)22(3)39-37(40)47-32)27-16-18-29(43-4)26-13-9-8-12-25(26)27/h7-20,34H,5-6,21H2,1-4H3/b32-20+. The number of carbonyl (C=O) groups is 1. The van der Waals surface area contributed by atoms with Crippen LogP contribution in [0.3, 0.4) is 0 Å². The van der Waals surface area contributed by atoms with Crippen molar-refractivity contribution in [3.05, 3.63) is 132 Å².